The maximum Gasteiger partial charge on any atom is 0.339 e. The van der Waals surface area contributed by atoms with Gasteiger partial charge < -0.3 is 24.4 Å². The minimum absolute atomic E-state index is 0.211. The third-order valence-electron chi connectivity index (χ3n) is 5.13. The maximum atomic E-state index is 12.7. The molecule has 1 aromatic heterocycles. The third kappa shape index (κ3) is 4.06. The summed E-state index contributed by atoms with van der Waals surface area (Å²) in [4.78, 5) is 35.1. The Morgan fingerprint density at radius 3 is 2.59 bits per heavy atom. The van der Waals surface area contributed by atoms with E-state index >= 15 is 0 Å². The molecule has 1 amide bonds. The highest BCUT2D eigenvalue weighted by molar-refractivity contribution is 6.07. The number of hydrogen-bond acceptors (Lipinski definition) is 8. The molecule has 2 aromatic rings. The Hall–Kier alpha value is -3.04. The van der Waals surface area contributed by atoms with Gasteiger partial charge in [-0.25, -0.2) is 14.8 Å². The van der Waals surface area contributed by atoms with Crippen LogP contribution < -0.4 is 10.2 Å². The molecular formula is C20H22N4O5. The normalized spacial score (nSPS) is 17.9. The van der Waals surface area contributed by atoms with Gasteiger partial charge in [0, 0.05) is 32.0 Å². The number of anilines is 2. The highest BCUT2D eigenvalue weighted by Gasteiger charge is 2.40. The van der Waals surface area contributed by atoms with Gasteiger partial charge in [-0.05, 0) is 12.1 Å². The van der Waals surface area contributed by atoms with Crippen molar-refractivity contribution in [3.63, 3.8) is 0 Å². The van der Waals surface area contributed by atoms with Crippen LogP contribution in [0.3, 0.4) is 0 Å². The molecule has 0 radical (unpaired) electrons. The predicted octanol–water partition coefficient (Wildman–Crippen LogP) is 1.86. The molecule has 29 heavy (non-hydrogen) atoms. The molecular weight excluding hydrogens is 376 g/mol. The molecule has 2 aliphatic rings. The summed E-state index contributed by atoms with van der Waals surface area (Å²) in [5.41, 5.74) is 0.846. The van der Waals surface area contributed by atoms with E-state index in [1.54, 1.807) is 30.3 Å². The second-order valence-electron chi connectivity index (χ2n) is 6.85. The largest absolute Gasteiger partial charge is 0.465 e. The number of para-hydroxylation sites is 1. The van der Waals surface area contributed by atoms with Gasteiger partial charge in [0.2, 0.25) is 0 Å². The van der Waals surface area contributed by atoms with Crippen LogP contribution in [0.4, 0.5) is 11.5 Å². The molecule has 0 aliphatic carbocycles. The van der Waals surface area contributed by atoms with Crippen LogP contribution in [-0.4, -0.2) is 61.0 Å². The first kappa shape index (κ1) is 19.3. The number of ether oxygens (including phenoxy) is 3. The lowest BCUT2D eigenvalue weighted by Crippen LogP contribution is -2.45. The summed E-state index contributed by atoms with van der Waals surface area (Å²) in [5, 5.41) is 2.72. The quantitative estimate of drug-likeness (QED) is 0.779. The van der Waals surface area contributed by atoms with Gasteiger partial charge in [-0.15, -0.1) is 0 Å². The van der Waals surface area contributed by atoms with Crippen LogP contribution in [0, 0.1) is 0 Å². The molecule has 1 N–H and O–H groups in total. The van der Waals surface area contributed by atoms with E-state index in [4.69, 9.17) is 14.2 Å². The van der Waals surface area contributed by atoms with Crippen molar-refractivity contribution in [3.8, 4) is 0 Å². The van der Waals surface area contributed by atoms with Gasteiger partial charge in [0.25, 0.3) is 5.91 Å². The summed E-state index contributed by atoms with van der Waals surface area (Å²) < 4.78 is 16.3. The van der Waals surface area contributed by atoms with Gasteiger partial charge in [0.15, 0.2) is 5.79 Å². The van der Waals surface area contributed by atoms with Crippen molar-refractivity contribution < 1.29 is 23.8 Å². The number of nitrogens with one attached hydrogen (secondary N) is 1. The number of amides is 1. The molecule has 0 atom stereocenters. The molecule has 9 heteroatoms. The zero-order valence-electron chi connectivity index (χ0n) is 16.1. The summed E-state index contributed by atoms with van der Waals surface area (Å²) in [5.74, 6) is -0.760. The van der Waals surface area contributed by atoms with Crippen LogP contribution in [0.1, 0.15) is 33.7 Å². The smallest absolute Gasteiger partial charge is 0.339 e. The fraction of sp³-hybridized carbons (Fsp3) is 0.400. The van der Waals surface area contributed by atoms with E-state index in [1.165, 1.54) is 13.4 Å². The molecule has 0 bridgehead atoms. The molecule has 4 rings (SSSR count). The predicted molar refractivity (Wildman–Crippen MR) is 104 cm³/mol. The number of nitrogens with zero attached hydrogens (tertiary/aromatic N) is 3. The molecule has 3 heterocycles. The summed E-state index contributed by atoms with van der Waals surface area (Å²) in [6.07, 6.45) is 2.85. The third-order valence-corrected chi connectivity index (χ3v) is 5.13. The van der Waals surface area contributed by atoms with Gasteiger partial charge in [-0.3, -0.25) is 4.79 Å². The average molecular weight is 398 g/mol. The van der Waals surface area contributed by atoms with Crippen molar-refractivity contribution in [2.45, 2.75) is 18.6 Å². The van der Waals surface area contributed by atoms with Crippen LogP contribution in [0.5, 0.6) is 0 Å². The Balaban J connectivity index is 1.47. The van der Waals surface area contributed by atoms with Gasteiger partial charge in [0.05, 0.1) is 31.6 Å². The zero-order chi connectivity index (χ0) is 20.3. The van der Waals surface area contributed by atoms with Crippen molar-refractivity contribution in [1.82, 2.24) is 9.97 Å². The van der Waals surface area contributed by atoms with E-state index in [0.29, 0.717) is 37.8 Å². The molecule has 9 nitrogen and oxygen atoms in total. The number of carbonyl (C=O) groups is 2. The molecule has 152 valence electrons. The van der Waals surface area contributed by atoms with E-state index in [2.05, 4.69) is 20.2 Å². The fourth-order valence-electron chi connectivity index (χ4n) is 3.57. The van der Waals surface area contributed by atoms with E-state index in [1.807, 2.05) is 0 Å². The Morgan fingerprint density at radius 2 is 1.86 bits per heavy atom. The fourth-order valence-corrected chi connectivity index (χ4v) is 3.57. The number of benzene rings is 1. The SMILES string of the molecule is COC(=O)c1ccccc1NC(=O)c1cc(N2CCC3(CC2)OCCO3)ncn1. The first-order valence-electron chi connectivity index (χ1n) is 9.44. The lowest BCUT2D eigenvalue weighted by molar-refractivity contribution is -0.169. The second-order valence-corrected chi connectivity index (χ2v) is 6.85. The second kappa shape index (κ2) is 8.14. The molecule has 2 aliphatic heterocycles. The molecule has 2 saturated heterocycles. The molecule has 0 saturated carbocycles. The van der Waals surface area contributed by atoms with Crippen molar-refractivity contribution in [3.05, 3.63) is 47.9 Å². The molecule has 2 fully saturated rings. The number of piperidine rings is 1. The van der Waals surface area contributed by atoms with E-state index < -0.39 is 17.7 Å². The Bertz CT molecular complexity index is 903. The van der Waals surface area contributed by atoms with Gasteiger partial charge >= 0.3 is 5.97 Å². The van der Waals surface area contributed by atoms with Crippen LogP contribution in [0.15, 0.2) is 36.7 Å². The first-order valence-corrected chi connectivity index (χ1v) is 9.44. The molecule has 1 spiro atoms. The number of esters is 1. The van der Waals surface area contributed by atoms with Gasteiger partial charge in [0.1, 0.15) is 17.8 Å². The van der Waals surface area contributed by atoms with E-state index in [-0.39, 0.29) is 11.3 Å². The summed E-state index contributed by atoms with van der Waals surface area (Å²) >= 11 is 0. The van der Waals surface area contributed by atoms with Crippen LogP contribution in [0.25, 0.3) is 0 Å². The lowest BCUT2D eigenvalue weighted by Gasteiger charge is -2.38. The van der Waals surface area contributed by atoms with E-state index in [9.17, 15) is 9.59 Å². The zero-order valence-corrected chi connectivity index (χ0v) is 16.1. The highest BCUT2D eigenvalue weighted by atomic mass is 16.7. The number of rotatable bonds is 4. The number of carbonyl (C=O) groups excluding carboxylic acids is 2. The minimum Gasteiger partial charge on any atom is -0.465 e. The number of methoxy groups -OCH3 is 1. The van der Waals surface area contributed by atoms with Gasteiger partial charge in [-0.2, -0.15) is 0 Å². The minimum atomic E-state index is -0.525. The Kier molecular flexibility index (Phi) is 5.41. The topological polar surface area (TPSA) is 103 Å². The summed E-state index contributed by atoms with van der Waals surface area (Å²) in [6, 6.07) is 8.29. The van der Waals surface area contributed by atoms with Crippen molar-refractivity contribution in [1.29, 1.82) is 0 Å². The summed E-state index contributed by atoms with van der Waals surface area (Å²) in [7, 11) is 1.29. The van der Waals surface area contributed by atoms with Gasteiger partial charge in [-0.1, -0.05) is 12.1 Å². The Labute approximate surface area is 168 Å². The standard InChI is InChI=1S/C20H22N4O5/c1-27-19(26)14-4-2-3-5-15(14)23-18(25)16-12-17(22-13-21-16)24-8-6-20(7-9-24)28-10-11-29-20/h2-5,12-13H,6-11H2,1H3,(H,23,25). The number of hydrogen-bond donors (Lipinski definition) is 1. The summed E-state index contributed by atoms with van der Waals surface area (Å²) in [6.45, 7) is 2.68. The van der Waals surface area contributed by atoms with Crippen LogP contribution in [-0.2, 0) is 14.2 Å². The maximum absolute atomic E-state index is 12.7. The van der Waals surface area contributed by atoms with Crippen LogP contribution in [0.2, 0.25) is 0 Å². The number of aromatic nitrogens is 2. The first-order chi connectivity index (χ1) is 14.1. The van der Waals surface area contributed by atoms with E-state index in [0.717, 1.165) is 12.8 Å². The molecule has 0 unspecified atom stereocenters. The monoisotopic (exact) mass is 398 g/mol. The van der Waals surface area contributed by atoms with Crippen molar-refractivity contribution >= 4 is 23.4 Å². The Morgan fingerprint density at radius 1 is 1.14 bits per heavy atom. The highest BCUT2D eigenvalue weighted by Crippen LogP contribution is 2.32. The lowest BCUT2D eigenvalue weighted by atomic mass is 10.0. The van der Waals surface area contributed by atoms with Crippen molar-refractivity contribution in [2.75, 3.05) is 43.6 Å². The molecule has 1 aromatic carbocycles. The average Bonchev–Trinajstić information content (AvgIpc) is 3.22. The van der Waals surface area contributed by atoms with Crippen LogP contribution >= 0.6 is 0 Å². The van der Waals surface area contributed by atoms with Crippen molar-refractivity contribution in [2.24, 2.45) is 0 Å².